The summed E-state index contributed by atoms with van der Waals surface area (Å²) in [5, 5.41) is 11.0. The molecule has 2 N–H and O–H groups in total. The molecule has 0 spiro atoms. The lowest BCUT2D eigenvalue weighted by Gasteiger charge is -2.14. The molecule has 1 unspecified atom stereocenters. The maximum atomic E-state index is 11.1. The van der Waals surface area contributed by atoms with E-state index in [-0.39, 0.29) is 0 Å². The molecule has 1 amide bonds. The molecular weight excluding hydrogens is 194 g/mol. The van der Waals surface area contributed by atoms with E-state index in [1.54, 1.807) is 0 Å². The smallest absolute Gasteiger partial charge is 0.312 e. The first-order valence-electron chi connectivity index (χ1n) is 5.58. The number of hydrogen-bond acceptors (Lipinski definition) is 2. The van der Waals surface area contributed by atoms with Gasteiger partial charge in [0.15, 0.2) is 0 Å². The largest absolute Gasteiger partial charge is 0.481 e. The summed E-state index contributed by atoms with van der Waals surface area (Å²) >= 11 is 0. The molecule has 0 aliphatic rings. The highest BCUT2D eigenvalue weighted by Gasteiger charge is 2.10. The van der Waals surface area contributed by atoms with Crippen molar-refractivity contribution < 1.29 is 14.7 Å². The molecule has 0 aliphatic heterocycles. The van der Waals surface area contributed by atoms with Gasteiger partial charge in [-0.1, -0.05) is 33.1 Å². The predicted octanol–water partition coefficient (Wildman–Crippen LogP) is 1.79. The Balaban J connectivity index is 3.69. The minimum atomic E-state index is -1.07. The number of rotatable bonds is 8. The molecule has 0 aromatic rings. The third kappa shape index (κ3) is 7.97. The monoisotopic (exact) mass is 215 g/mol. The number of carbonyl (C=O) groups excluding carboxylic acids is 1. The maximum Gasteiger partial charge on any atom is 0.312 e. The number of carboxylic acid groups (broad SMARTS) is 1. The summed E-state index contributed by atoms with van der Waals surface area (Å²) < 4.78 is 0. The molecule has 0 fully saturated rings. The Hall–Kier alpha value is -1.06. The van der Waals surface area contributed by atoms with E-state index in [0.29, 0.717) is 12.5 Å². The molecule has 0 aliphatic carbocycles. The second-order valence-corrected chi connectivity index (χ2v) is 3.79. The SMILES string of the molecule is CCCCC(CC)CNC(=O)CC(=O)O. The van der Waals surface area contributed by atoms with Crippen molar-refractivity contribution in [2.45, 2.75) is 46.0 Å². The normalized spacial score (nSPS) is 12.1. The second kappa shape index (κ2) is 8.26. The van der Waals surface area contributed by atoms with E-state index >= 15 is 0 Å². The molecule has 0 rings (SSSR count). The van der Waals surface area contributed by atoms with E-state index in [2.05, 4.69) is 19.2 Å². The van der Waals surface area contributed by atoms with Crippen LogP contribution < -0.4 is 5.32 Å². The van der Waals surface area contributed by atoms with E-state index < -0.39 is 18.3 Å². The summed E-state index contributed by atoms with van der Waals surface area (Å²) in [6, 6.07) is 0. The first-order valence-corrected chi connectivity index (χ1v) is 5.58. The van der Waals surface area contributed by atoms with Crippen LogP contribution in [-0.2, 0) is 9.59 Å². The number of aliphatic carboxylic acids is 1. The van der Waals surface area contributed by atoms with Crippen molar-refractivity contribution in [1.82, 2.24) is 5.32 Å². The molecular formula is C11H21NO3. The summed E-state index contributed by atoms with van der Waals surface area (Å²) in [7, 11) is 0. The van der Waals surface area contributed by atoms with Crippen LogP contribution in [0.3, 0.4) is 0 Å². The van der Waals surface area contributed by atoms with Crippen LogP contribution in [0.25, 0.3) is 0 Å². The van der Waals surface area contributed by atoms with Gasteiger partial charge in [0.25, 0.3) is 0 Å². The number of amides is 1. The molecule has 0 saturated carbocycles. The van der Waals surface area contributed by atoms with Crippen LogP contribution in [-0.4, -0.2) is 23.5 Å². The lowest BCUT2D eigenvalue weighted by atomic mass is 9.99. The van der Waals surface area contributed by atoms with Crippen LogP contribution in [0.2, 0.25) is 0 Å². The van der Waals surface area contributed by atoms with E-state index in [0.717, 1.165) is 25.7 Å². The zero-order chi connectivity index (χ0) is 11.7. The standard InChI is InChI=1S/C11H21NO3/c1-3-5-6-9(4-2)8-12-10(13)7-11(14)15/h9H,3-8H2,1-2H3,(H,12,13)(H,14,15). The van der Waals surface area contributed by atoms with Crippen LogP contribution in [0.1, 0.15) is 46.0 Å². The fraction of sp³-hybridized carbons (Fsp3) is 0.818. The van der Waals surface area contributed by atoms with Gasteiger partial charge in [-0.15, -0.1) is 0 Å². The molecule has 0 heterocycles. The summed E-state index contributed by atoms with van der Waals surface area (Å²) in [5.74, 6) is -0.991. The van der Waals surface area contributed by atoms with Crippen LogP contribution in [0.5, 0.6) is 0 Å². The molecule has 0 saturated heterocycles. The van der Waals surface area contributed by atoms with Crippen molar-refractivity contribution in [3.8, 4) is 0 Å². The minimum Gasteiger partial charge on any atom is -0.481 e. The quantitative estimate of drug-likeness (QED) is 0.607. The topological polar surface area (TPSA) is 66.4 Å². The van der Waals surface area contributed by atoms with Gasteiger partial charge in [0.1, 0.15) is 6.42 Å². The van der Waals surface area contributed by atoms with Crippen molar-refractivity contribution in [3.63, 3.8) is 0 Å². The Kier molecular flexibility index (Phi) is 7.68. The molecule has 4 nitrogen and oxygen atoms in total. The minimum absolute atomic E-state index is 0.391. The van der Waals surface area contributed by atoms with Gasteiger partial charge in [-0.25, -0.2) is 0 Å². The third-order valence-electron chi connectivity index (χ3n) is 2.44. The summed E-state index contributed by atoms with van der Waals surface area (Å²) in [6.07, 6.45) is 4.00. The molecule has 0 bridgehead atoms. The molecule has 0 aromatic carbocycles. The van der Waals surface area contributed by atoms with E-state index in [1.807, 2.05) is 0 Å². The number of nitrogens with one attached hydrogen (secondary N) is 1. The van der Waals surface area contributed by atoms with Gasteiger partial charge < -0.3 is 10.4 Å². The Morgan fingerprint density at radius 3 is 2.47 bits per heavy atom. The number of carbonyl (C=O) groups is 2. The summed E-state index contributed by atoms with van der Waals surface area (Å²) in [6.45, 7) is 4.82. The molecule has 1 atom stereocenters. The number of carboxylic acids is 1. The third-order valence-corrected chi connectivity index (χ3v) is 2.44. The lowest BCUT2D eigenvalue weighted by molar-refractivity contribution is -0.140. The van der Waals surface area contributed by atoms with Crippen molar-refractivity contribution >= 4 is 11.9 Å². The zero-order valence-corrected chi connectivity index (χ0v) is 9.58. The predicted molar refractivity (Wildman–Crippen MR) is 58.6 cm³/mol. The summed E-state index contributed by atoms with van der Waals surface area (Å²) in [4.78, 5) is 21.3. The van der Waals surface area contributed by atoms with Gasteiger partial charge in [0, 0.05) is 6.54 Å². The van der Waals surface area contributed by atoms with Gasteiger partial charge in [0.2, 0.25) is 5.91 Å². The van der Waals surface area contributed by atoms with Crippen LogP contribution >= 0.6 is 0 Å². The van der Waals surface area contributed by atoms with Gasteiger partial charge in [0.05, 0.1) is 0 Å². The van der Waals surface area contributed by atoms with Crippen molar-refractivity contribution in [3.05, 3.63) is 0 Å². The molecule has 15 heavy (non-hydrogen) atoms. The highest BCUT2D eigenvalue weighted by atomic mass is 16.4. The van der Waals surface area contributed by atoms with Gasteiger partial charge in [-0.05, 0) is 12.3 Å². The molecule has 4 heteroatoms. The van der Waals surface area contributed by atoms with Crippen LogP contribution in [0, 0.1) is 5.92 Å². The van der Waals surface area contributed by atoms with Crippen molar-refractivity contribution in [1.29, 1.82) is 0 Å². The highest BCUT2D eigenvalue weighted by molar-refractivity contribution is 5.93. The van der Waals surface area contributed by atoms with Crippen LogP contribution in [0.15, 0.2) is 0 Å². The Labute approximate surface area is 91.1 Å². The molecule has 88 valence electrons. The summed E-state index contributed by atoms with van der Waals surface area (Å²) in [5.41, 5.74) is 0. The fourth-order valence-corrected chi connectivity index (χ4v) is 1.40. The molecule has 0 radical (unpaired) electrons. The first kappa shape index (κ1) is 13.9. The van der Waals surface area contributed by atoms with E-state index in [1.165, 1.54) is 0 Å². The van der Waals surface area contributed by atoms with Crippen molar-refractivity contribution in [2.75, 3.05) is 6.54 Å². The Bertz CT molecular complexity index is 204. The molecule has 0 aromatic heterocycles. The number of unbranched alkanes of at least 4 members (excludes halogenated alkanes) is 1. The average molecular weight is 215 g/mol. The van der Waals surface area contributed by atoms with Crippen LogP contribution in [0.4, 0.5) is 0 Å². The van der Waals surface area contributed by atoms with Gasteiger partial charge in [-0.2, -0.15) is 0 Å². The number of hydrogen-bond donors (Lipinski definition) is 2. The lowest BCUT2D eigenvalue weighted by Crippen LogP contribution is -2.30. The van der Waals surface area contributed by atoms with E-state index in [4.69, 9.17) is 5.11 Å². The van der Waals surface area contributed by atoms with Crippen molar-refractivity contribution in [2.24, 2.45) is 5.92 Å². The van der Waals surface area contributed by atoms with E-state index in [9.17, 15) is 9.59 Å². The average Bonchev–Trinajstić information content (AvgIpc) is 2.17. The zero-order valence-electron chi connectivity index (χ0n) is 9.58. The van der Waals surface area contributed by atoms with Gasteiger partial charge in [-0.3, -0.25) is 9.59 Å². The maximum absolute atomic E-state index is 11.1. The second-order valence-electron chi connectivity index (χ2n) is 3.79. The van der Waals surface area contributed by atoms with Gasteiger partial charge >= 0.3 is 5.97 Å². The Morgan fingerprint density at radius 2 is 2.00 bits per heavy atom. The first-order chi connectivity index (χ1) is 7.10. The Morgan fingerprint density at radius 1 is 1.33 bits per heavy atom. The fourth-order valence-electron chi connectivity index (χ4n) is 1.40. The highest BCUT2D eigenvalue weighted by Crippen LogP contribution is 2.11.